The van der Waals surface area contributed by atoms with E-state index >= 15 is 0 Å². The summed E-state index contributed by atoms with van der Waals surface area (Å²) in [6.07, 6.45) is 17.5. The Morgan fingerprint density at radius 3 is 1.56 bits per heavy atom. The van der Waals surface area contributed by atoms with Crippen molar-refractivity contribution in [1.82, 2.24) is 0 Å². The number of quaternary nitrogens is 1. The Labute approximate surface area is 169 Å². The molecule has 0 amide bonds. The summed E-state index contributed by atoms with van der Waals surface area (Å²) in [5, 5.41) is 9.77. The highest BCUT2D eigenvalue weighted by atomic mass is 35.5. The summed E-state index contributed by atoms with van der Waals surface area (Å²) in [6.45, 7) is 5.86. The van der Waals surface area contributed by atoms with Crippen molar-refractivity contribution < 1.29 is 22.0 Å². The molecule has 2 nitrogen and oxygen atoms in total. The Balaban J connectivity index is 0. The van der Waals surface area contributed by atoms with Crippen molar-refractivity contribution in [3.63, 3.8) is 0 Å². The van der Waals surface area contributed by atoms with Crippen LogP contribution in [0.1, 0.15) is 97.3 Å². The third-order valence-electron chi connectivity index (χ3n) is 4.82. The molecule has 2 atom stereocenters. The predicted octanol–water partition coefficient (Wildman–Crippen LogP) is 3.15. The van der Waals surface area contributed by atoms with Crippen LogP contribution in [0.15, 0.2) is 0 Å². The molecule has 0 saturated carbocycles. The van der Waals surface area contributed by atoms with Gasteiger partial charge in [0.15, 0.2) is 0 Å². The van der Waals surface area contributed by atoms with Gasteiger partial charge in [0, 0.05) is 0 Å². The van der Waals surface area contributed by atoms with Crippen LogP contribution in [0.3, 0.4) is 0 Å². The zero-order chi connectivity index (χ0) is 18.3. The molecule has 4 heteroatoms. The summed E-state index contributed by atoms with van der Waals surface area (Å²) in [4.78, 5) is 0. The Kier molecular flexibility index (Phi) is 19.8. The molecule has 154 valence electrons. The number of nitrogens with zero attached hydrogens (tertiary/aromatic N) is 1. The average molecular weight is 399 g/mol. The molecule has 0 saturated heterocycles. The summed E-state index contributed by atoms with van der Waals surface area (Å²) in [5.74, 6) is 0. The molecule has 25 heavy (non-hydrogen) atoms. The Bertz CT molecular complexity index is 273. The van der Waals surface area contributed by atoms with E-state index in [9.17, 15) is 5.11 Å². The second-order valence-electron chi connectivity index (χ2n) is 8.42. The number of aliphatic hydroxyl groups is 1. The minimum absolute atomic E-state index is 0. The molecule has 0 spiro atoms. The predicted molar refractivity (Wildman–Crippen MR) is 109 cm³/mol. The van der Waals surface area contributed by atoms with Crippen LogP contribution in [-0.4, -0.2) is 48.3 Å². The zero-order valence-corrected chi connectivity index (χ0v) is 18.9. The van der Waals surface area contributed by atoms with Gasteiger partial charge in [-0.3, -0.25) is 0 Å². The number of alkyl halides is 1. The maximum atomic E-state index is 9.53. The first kappa shape index (κ1) is 27.7. The number of unbranched alkanes of at least 4 members (excludes halogenated alkanes) is 11. The lowest BCUT2D eigenvalue weighted by Gasteiger charge is -2.32. The maximum absolute atomic E-state index is 9.53. The fourth-order valence-corrected chi connectivity index (χ4v) is 4.15. The smallest absolute Gasteiger partial charge is 0.104 e. The van der Waals surface area contributed by atoms with E-state index in [1.807, 2.05) is 6.92 Å². The van der Waals surface area contributed by atoms with E-state index < -0.39 is 0 Å². The van der Waals surface area contributed by atoms with Crippen molar-refractivity contribution >= 4 is 11.6 Å². The number of rotatable bonds is 17. The van der Waals surface area contributed by atoms with Crippen molar-refractivity contribution in [2.24, 2.45) is 0 Å². The molecule has 2 unspecified atom stereocenters. The highest BCUT2D eigenvalue weighted by Gasteiger charge is 2.22. The number of hydrogen-bond acceptors (Lipinski definition) is 1. The number of likely N-dealkylation sites (N-methyl/N-ethyl adjacent to an activating group) is 1. The molecule has 0 aliphatic carbocycles. The summed E-state index contributed by atoms with van der Waals surface area (Å²) in [6, 6.07) is 0. The van der Waals surface area contributed by atoms with Gasteiger partial charge in [-0.05, 0) is 13.3 Å². The van der Waals surface area contributed by atoms with E-state index in [-0.39, 0.29) is 23.9 Å². The first-order valence-corrected chi connectivity index (χ1v) is 10.9. The van der Waals surface area contributed by atoms with Crippen LogP contribution in [-0.2, 0) is 0 Å². The Hall–Kier alpha value is 0.500. The molecule has 0 aliphatic rings. The average Bonchev–Trinajstić information content (AvgIpc) is 2.46. The van der Waals surface area contributed by atoms with Crippen molar-refractivity contribution in [2.75, 3.05) is 27.2 Å². The lowest BCUT2D eigenvalue weighted by Crippen LogP contribution is -3.00. The van der Waals surface area contributed by atoms with E-state index in [4.69, 9.17) is 11.6 Å². The van der Waals surface area contributed by atoms with Crippen LogP contribution >= 0.6 is 11.6 Å². The quantitative estimate of drug-likeness (QED) is 0.227. The standard InChI is InChI=1S/C21H45ClNO.ClH/c1-5-6-7-8-9-10-11-12-13-14-15-16-17-21(22)19-23(3,4)18-20(2)24;/h20-21,24H,5-19H2,1-4H3;1H/q+1;/p-1. The van der Waals surface area contributed by atoms with Gasteiger partial charge in [-0.15, -0.1) is 11.6 Å². The van der Waals surface area contributed by atoms with E-state index in [1.165, 1.54) is 77.0 Å². The SMILES string of the molecule is CCCCCCCCCCCCCCC(Cl)C[N+](C)(C)CC(C)O.[Cl-]. The first-order chi connectivity index (χ1) is 11.4. The zero-order valence-electron chi connectivity index (χ0n) is 17.4. The lowest BCUT2D eigenvalue weighted by atomic mass is 10.0. The molecular weight excluding hydrogens is 353 g/mol. The second-order valence-corrected chi connectivity index (χ2v) is 9.04. The Morgan fingerprint density at radius 1 is 0.760 bits per heavy atom. The molecule has 0 aromatic rings. The number of hydrogen-bond donors (Lipinski definition) is 1. The largest absolute Gasteiger partial charge is 1.00 e. The van der Waals surface area contributed by atoms with Crippen molar-refractivity contribution in [3.8, 4) is 0 Å². The summed E-state index contributed by atoms with van der Waals surface area (Å²) < 4.78 is 0.810. The van der Waals surface area contributed by atoms with Crippen LogP contribution in [0.4, 0.5) is 0 Å². The topological polar surface area (TPSA) is 20.2 Å². The van der Waals surface area contributed by atoms with Crippen LogP contribution in [0.25, 0.3) is 0 Å². The molecule has 0 heterocycles. The fourth-order valence-electron chi connectivity index (χ4n) is 3.62. The number of halogens is 2. The van der Waals surface area contributed by atoms with Crippen LogP contribution < -0.4 is 12.4 Å². The molecule has 0 radical (unpaired) electrons. The third-order valence-corrected chi connectivity index (χ3v) is 5.18. The third kappa shape index (κ3) is 20.7. The molecule has 0 aromatic carbocycles. The summed E-state index contributed by atoms with van der Waals surface area (Å²) in [7, 11) is 4.31. The first-order valence-electron chi connectivity index (χ1n) is 10.5. The van der Waals surface area contributed by atoms with E-state index in [0.29, 0.717) is 0 Å². The molecule has 0 fully saturated rings. The second kappa shape index (κ2) is 17.9. The van der Waals surface area contributed by atoms with Crippen LogP contribution in [0.2, 0.25) is 0 Å². The van der Waals surface area contributed by atoms with Crippen LogP contribution in [0.5, 0.6) is 0 Å². The van der Waals surface area contributed by atoms with Crippen molar-refractivity contribution in [3.05, 3.63) is 0 Å². The summed E-state index contributed by atoms with van der Waals surface area (Å²) in [5.41, 5.74) is 0. The monoisotopic (exact) mass is 397 g/mol. The van der Waals surface area contributed by atoms with Gasteiger partial charge in [0.2, 0.25) is 0 Å². The molecule has 0 bridgehead atoms. The van der Waals surface area contributed by atoms with Crippen molar-refractivity contribution in [2.45, 2.75) is 109 Å². The minimum Gasteiger partial charge on any atom is -1.00 e. The van der Waals surface area contributed by atoms with Crippen molar-refractivity contribution in [1.29, 1.82) is 0 Å². The molecule has 0 aromatic heterocycles. The van der Waals surface area contributed by atoms with E-state index in [1.54, 1.807) is 0 Å². The van der Waals surface area contributed by atoms with Gasteiger partial charge >= 0.3 is 0 Å². The van der Waals surface area contributed by atoms with Crippen LogP contribution in [0, 0.1) is 0 Å². The molecular formula is C21H45Cl2NO. The van der Waals surface area contributed by atoms with Gasteiger partial charge in [-0.1, -0.05) is 84.0 Å². The van der Waals surface area contributed by atoms with Gasteiger partial charge < -0.3 is 22.0 Å². The molecule has 1 N–H and O–H groups in total. The van der Waals surface area contributed by atoms with E-state index in [2.05, 4.69) is 21.0 Å². The van der Waals surface area contributed by atoms with Gasteiger partial charge in [-0.25, -0.2) is 0 Å². The summed E-state index contributed by atoms with van der Waals surface area (Å²) >= 11 is 6.48. The van der Waals surface area contributed by atoms with Gasteiger partial charge in [0.25, 0.3) is 0 Å². The minimum atomic E-state index is -0.254. The highest BCUT2D eigenvalue weighted by molar-refractivity contribution is 6.20. The van der Waals surface area contributed by atoms with Gasteiger partial charge in [0.05, 0.1) is 26.0 Å². The van der Waals surface area contributed by atoms with Gasteiger partial charge in [0.1, 0.15) is 12.6 Å². The normalized spacial score (nSPS) is 14.2. The molecule has 0 rings (SSSR count). The lowest BCUT2D eigenvalue weighted by molar-refractivity contribution is -0.892. The molecule has 0 aliphatic heterocycles. The number of aliphatic hydroxyl groups excluding tert-OH is 1. The fraction of sp³-hybridized carbons (Fsp3) is 1.00. The maximum Gasteiger partial charge on any atom is 0.104 e. The van der Waals surface area contributed by atoms with Gasteiger partial charge in [-0.2, -0.15) is 0 Å². The Morgan fingerprint density at radius 2 is 1.16 bits per heavy atom. The highest BCUT2D eigenvalue weighted by Crippen LogP contribution is 2.16. The van der Waals surface area contributed by atoms with E-state index in [0.717, 1.165) is 24.0 Å².